The largest absolute Gasteiger partial charge is 0.506 e. The Morgan fingerprint density at radius 3 is 2.59 bits per heavy atom. The molecule has 0 aliphatic heterocycles. The van der Waals surface area contributed by atoms with Crippen molar-refractivity contribution in [1.29, 1.82) is 0 Å². The molecule has 0 spiro atoms. The highest BCUT2D eigenvalue weighted by Gasteiger charge is 2.12. The highest BCUT2D eigenvalue weighted by Crippen LogP contribution is 2.29. The summed E-state index contributed by atoms with van der Waals surface area (Å²) in [6.07, 6.45) is 1.55. The molecule has 2 N–H and O–H groups in total. The van der Waals surface area contributed by atoms with Gasteiger partial charge in [0.1, 0.15) is 17.3 Å². The van der Waals surface area contributed by atoms with Crippen molar-refractivity contribution in [3.63, 3.8) is 0 Å². The molecule has 2 aromatic carbocycles. The zero-order valence-corrected chi connectivity index (χ0v) is 15.8. The summed E-state index contributed by atoms with van der Waals surface area (Å²) in [5, 5.41) is 9.91. The first-order valence-corrected chi connectivity index (χ1v) is 10.2. The van der Waals surface area contributed by atoms with Crippen molar-refractivity contribution in [3.8, 4) is 23.0 Å². The van der Waals surface area contributed by atoms with Crippen molar-refractivity contribution < 1.29 is 22.7 Å². The molecule has 0 atom stereocenters. The number of ether oxygens (including phenoxy) is 1. The van der Waals surface area contributed by atoms with Crippen molar-refractivity contribution in [2.45, 2.75) is 13.3 Å². The quantitative estimate of drug-likeness (QED) is 0.602. The number of phenolic OH excluding ortho intramolecular Hbond substituents is 1. The number of nitrogens with one attached hydrogen (secondary N) is 1. The van der Waals surface area contributed by atoms with Crippen LogP contribution in [0.5, 0.6) is 11.5 Å². The number of sulfonamides is 1. The summed E-state index contributed by atoms with van der Waals surface area (Å²) in [5.41, 5.74) is 1.81. The van der Waals surface area contributed by atoms with Crippen molar-refractivity contribution in [2.24, 2.45) is 0 Å². The Morgan fingerprint density at radius 2 is 1.93 bits per heavy atom. The minimum Gasteiger partial charge on any atom is -0.506 e. The van der Waals surface area contributed by atoms with Gasteiger partial charge in [-0.05, 0) is 31.2 Å². The molecule has 0 aliphatic rings. The fourth-order valence-electron chi connectivity index (χ4n) is 2.52. The third-order valence-electron chi connectivity index (χ3n) is 3.79. The van der Waals surface area contributed by atoms with Gasteiger partial charge in [0.25, 0.3) is 0 Å². The van der Waals surface area contributed by atoms with Gasteiger partial charge in [-0.3, -0.25) is 4.72 Å². The normalized spacial score (nSPS) is 11.3. The van der Waals surface area contributed by atoms with Crippen LogP contribution in [0.2, 0.25) is 0 Å². The number of hydrogen-bond acceptors (Lipinski definition) is 6. The van der Waals surface area contributed by atoms with Crippen molar-refractivity contribution >= 4 is 15.7 Å². The number of aromatic nitrogens is 1. The van der Waals surface area contributed by atoms with E-state index < -0.39 is 10.0 Å². The summed E-state index contributed by atoms with van der Waals surface area (Å²) >= 11 is 0. The van der Waals surface area contributed by atoms with E-state index >= 15 is 0 Å². The number of oxazole rings is 1. The summed E-state index contributed by atoms with van der Waals surface area (Å²) in [6.45, 7) is 2.19. The van der Waals surface area contributed by atoms with Crippen LogP contribution in [0.15, 0.2) is 52.9 Å². The van der Waals surface area contributed by atoms with E-state index in [-0.39, 0.29) is 11.4 Å². The highest BCUT2D eigenvalue weighted by molar-refractivity contribution is 7.92. The first-order chi connectivity index (χ1) is 12.8. The second kappa shape index (κ2) is 7.71. The van der Waals surface area contributed by atoms with Crippen molar-refractivity contribution in [3.05, 3.63) is 60.0 Å². The maximum Gasteiger partial charge on any atom is 0.229 e. The molecule has 3 rings (SSSR count). The molecule has 1 heterocycles. The number of hydrogen-bond donors (Lipinski definition) is 2. The van der Waals surface area contributed by atoms with E-state index in [1.165, 1.54) is 12.1 Å². The Labute approximate surface area is 157 Å². The van der Waals surface area contributed by atoms with Gasteiger partial charge in [0.2, 0.25) is 15.9 Å². The lowest BCUT2D eigenvalue weighted by Crippen LogP contribution is -2.09. The number of benzene rings is 2. The Balaban J connectivity index is 1.62. The Bertz CT molecular complexity index is 1030. The van der Waals surface area contributed by atoms with Gasteiger partial charge in [-0.25, -0.2) is 13.4 Å². The summed E-state index contributed by atoms with van der Waals surface area (Å²) in [6, 6.07) is 14.0. The Morgan fingerprint density at radius 1 is 1.19 bits per heavy atom. The third-order valence-corrected chi connectivity index (χ3v) is 4.38. The Kier molecular flexibility index (Phi) is 5.36. The lowest BCUT2D eigenvalue weighted by Gasteiger charge is -2.09. The number of aromatic hydroxyl groups is 1. The molecule has 8 heteroatoms. The van der Waals surface area contributed by atoms with E-state index in [0.29, 0.717) is 24.7 Å². The van der Waals surface area contributed by atoms with Gasteiger partial charge in [-0.2, -0.15) is 0 Å². The topological polar surface area (TPSA) is 102 Å². The standard InChI is InChI=1S/C19H20N2O5S/c1-13-16(20-19(26-13)14-6-4-3-5-7-14)10-11-25-15-8-9-17(18(22)12-15)21-27(2,23)24/h3-9,12,21-22H,10-11H2,1-2H3. The number of aryl methyl sites for hydroxylation is 1. The molecule has 0 amide bonds. The maximum absolute atomic E-state index is 11.2. The molecule has 0 fully saturated rings. The summed E-state index contributed by atoms with van der Waals surface area (Å²) in [5.74, 6) is 1.52. The summed E-state index contributed by atoms with van der Waals surface area (Å²) < 4.78 is 36.0. The van der Waals surface area contributed by atoms with Gasteiger partial charge in [-0.1, -0.05) is 18.2 Å². The van der Waals surface area contributed by atoms with Gasteiger partial charge < -0.3 is 14.3 Å². The number of anilines is 1. The van der Waals surface area contributed by atoms with Crippen LogP contribution < -0.4 is 9.46 Å². The monoisotopic (exact) mass is 388 g/mol. The zero-order valence-electron chi connectivity index (χ0n) is 15.0. The number of rotatable bonds is 7. The van der Waals surface area contributed by atoms with Crippen molar-refractivity contribution in [2.75, 3.05) is 17.6 Å². The van der Waals surface area contributed by atoms with E-state index in [2.05, 4.69) is 9.71 Å². The van der Waals surface area contributed by atoms with Crippen LogP contribution in [0.1, 0.15) is 11.5 Å². The fourth-order valence-corrected chi connectivity index (χ4v) is 3.09. The average molecular weight is 388 g/mol. The highest BCUT2D eigenvalue weighted by atomic mass is 32.2. The molecule has 0 saturated heterocycles. The van der Waals surface area contributed by atoms with Crippen LogP contribution in [0.25, 0.3) is 11.5 Å². The number of phenols is 1. The fraction of sp³-hybridized carbons (Fsp3) is 0.211. The van der Waals surface area contributed by atoms with Crippen LogP contribution in [0, 0.1) is 6.92 Å². The first kappa shape index (κ1) is 18.8. The summed E-state index contributed by atoms with van der Waals surface area (Å²) in [7, 11) is -3.46. The van der Waals surface area contributed by atoms with Crippen LogP contribution >= 0.6 is 0 Å². The van der Waals surface area contributed by atoms with Gasteiger partial charge in [-0.15, -0.1) is 0 Å². The molecule has 27 heavy (non-hydrogen) atoms. The third kappa shape index (κ3) is 5.01. The predicted molar refractivity (Wildman–Crippen MR) is 102 cm³/mol. The second-order valence-corrected chi connectivity index (χ2v) is 7.79. The van der Waals surface area contributed by atoms with Gasteiger partial charge in [0.05, 0.1) is 24.2 Å². The SMILES string of the molecule is Cc1oc(-c2ccccc2)nc1CCOc1ccc(NS(C)(=O)=O)c(O)c1. The Hall–Kier alpha value is -3.00. The van der Waals surface area contributed by atoms with E-state index in [1.807, 2.05) is 37.3 Å². The van der Waals surface area contributed by atoms with E-state index in [1.54, 1.807) is 6.07 Å². The maximum atomic E-state index is 11.2. The lowest BCUT2D eigenvalue weighted by atomic mass is 10.2. The molecule has 0 saturated carbocycles. The molecular weight excluding hydrogens is 368 g/mol. The molecular formula is C19H20N2O5S. The molecule has 3 aromatic rings. The smallest absolute Gasteiger partial charge is 0.229 e. The molecule has 0 radical (unpaired) electrons. The molecule has 7 nitrogen and oxygen atoms in total. The van der Waals surface area contributed by atoms with Crippen LogP contribution in [0.4, 0.5) is 5.69 Å². The first-order valence-electron chi connectivity index (χ1n) is 8.27. The van der Waals surface area contributed by atoms with Crippen LogP contribution in [-0.4, -0.2) is 31.4 Å². The molecule has 0 aliphatic carbocycles. The molecule has 1 aromatic heterocycles. The average Bonchev–Trinajstić information content (AvgIpc) is 2.98. The minimum atomic E-state index is -3.46. The van der Waals surface area contributed by atoms with E-state index in [4.69, 9.17) is 9.15 Å². The zero-order chi connectivity index (χ0) is 19.4. The summed E-state index contributed by atoms with van der Waals surface area (Å²) in [4.78, 5) is 4.51. The predicted octanol–water partition coefficient (Wildman–Crippen LogP) is 3.35. The molecule has 0 bridgehead atoms. The van der Waals surface area contributed by atoms with Crippen LogP contribution in [0.3, 0.4) is 0 Å². The lowest BCUT2D eigenvalue weighted by molar-refractivity contribution is 0.318. The van der Waals surface area contributed by atoms with Gasteiger partial charge in [0.15, 0.2) is 0 Å². The van der Waals surface area contributed by atoms with Gasteiger partial charge >= 0.3 is 0 Å². The molecule has 142 valence electrons. The van der Waals surface area contributed by atoms with Gasteiger partial charge in [0, 0.05) is 18.1 Å². The second-order valence-electron chi connectivity index (χ2n) is 6.04. The molecule has 0 unspecified atom stereocenters. The van der Waals surface area contributed by atoms with E-state index in [0.717, 1.165) is 23.3 Å². The van der Waals surface area contributed by atoms with Crippen LogP contribution in [-0.2, 0) is 16.4 Å². The number of nitrogens with zero attached hydrogens (tertiary/aromatic N) is 1. The van der Waals surface area contributed by atoms with Crippen molar-refractivity contribution in [1.82, 2.24) is 4.98 Å². The van der Waals surface area contributed by atoms with E-state index in [9.17, 15) is 13.5 Å². The minimum absolute atomic E-state index is 0.102.